The molecule has 0 aromatic heterocycles. The van der Waals surface area contributed by atoms with Crippen molar-refractivity contribution in [3.05, 3.63) is 42.0 Å². The van der Waals surface area contributed by atoms with Gasteiger partial charge < -0.3 is 14.8 Å². The molecule has 1 unspecified atom stereocenters. The highest BCUT2D eigenvalue weighted by molar-refractivity contribution is 5.85. The van der Waals surface area contributed by atoms with Crippen LogP contribution in [0.25, 0.3) is 10.8 Å². The number of ether oxygens (including phenoxy) is 2. The lowest BCUT2D eigenvalue weighted by atomic mass is 9.84. The van der Waals surface area contributed by atoms with Gasteiger partial charge in [-0.2, -0.15) is 0 Å². The molecule has 28 heavy (non-hydrogen) atoms. The molecule has 1 heterocycles. The van der Waals surface area contributed by atoms with Crippen molar-refractivity contribution in [1.29, 1.82) is 0 Å². The summed E-state index contributed by atoms with van der Waals surface area (Å²) in [6.45, 7) is 3.25. The molecule has 1 atom stereocenters. The molecule has 1 saturated heterocycles. The number of alkyl carbamates (subject to hydrolysis) is 1. The maximum Gasteiger partial charge on any atom is 0.408 e. The molecule has 0 radical (unpaired) electrons. The number of alkyl halides is 2. The molecule has 0 bridgehead atoms. The first kappa shape index (κ1) is 19.0. The van der Waals surface area contributed by atoms with Gasteiger partial charge in [0.1, 0.15) is 12.4 Å². The Morgan fingerprint density at radius 2 is 1.79 bits per heavy atom. The maximum atomic E-state index is 13.5. The van der Waals surface area contributed by atoms with Crippen LogP contribution in [0.15, 0.2) is 36.4 Å². The molecule has 150 valence electrons. The zero-order valence-corrected chi connectivity index (χ0v) is 16.1. The number of amides is 1. The number of fused-ring (bicyclic) bond motifs is 1. The Balaban J connectivity index is 1.46. The Kier molecular flexibility index (Phi) is 4.68. The van der Waals surface area contributed by atoms with E-state index in [9.17, 15) is 13.6 Å². The zero-order chi connectivity index (χ0) is 19.9. The molecular formula is C22H25F2NO3. The van der Waals surface area contributed by atoms with Crippen molar-refractivity contribution >= 4 is 16.9 Å². The molecule has 6 heteroatoms. The van der Waals surface area contributed by atoms with E-state index in [1.807, 2.05) is 43.3 Å². The average molecular weight is 389 g/mol. The van der Waals surface area contributed by atoms with Crippen LogP contribution >= 0.6 is 0 Å². The van der Waals surface area contributed by atoms with E-state index in [1.54, 1.807) is 0 Å². The molecule has 1 saturated carbocycles. The molecule has 1 aliphatic heterocycles. The fraction of sp³-hybridized carbons (Fsp3) is 0.500. The molecule has 1 aliphatic carbocycles. The van der Waals surface area contributed by atoms with Gasteiger partial charge >= 0.3 is 6.09 Å². The number of cyclic esters (lactones) is 1. The summed E-state index contributed by atoms with van der Waals surface area (Å²) in [6.07, 6.45) is 1.89. The lowest BCUT2D eigenvalue weighted by Crippen LogP contribution is -2.37. The highest BCUT2D eigenvalue weighted by Gasteiger charge is 2.38. The average Bonchev–Trinajstić information content (AvgIpc) is 3.01. The van der Waals surface area contributed by atoms with Gasteiger partial charge in [-0.05, 0) is 74.1 Å². The Labute approximate surface area is 163 Å². The standard InChI is InChI=1S/C22H25F2NO3/c1-21(13-27-20(26)25-21)17-5-3-15-12-19(8-4-14(15)11-17)28-18-9-6-16(7-10-18)22(2,23)24/h3-5,8,11-12,16,18H,6-7,9-10,13H2,1-2H3,(H,25,26). The van der Waals surface area contributed by atoms with E-state index >= 15 is 0 Å². The second-order valence-electron chi connectivity index (χ2n) is 8.30. The maximum absolute atomic E-state index is 13.5. The first-order valence-electron chi connectivity index (χ1n) is 9.77. The van der Waals surface area contributed by atoms with E-state index in [0.29, 0.717) is 32.3 Å². The third-order valence-corrected chi connectivity index (χ3v) is 6.01. The summed E-state index contributed by atoms with van der Waals surface area (Å²) in [5.74, 6) is -2.38. The predicted octanol–water partition coefficient (Wildman–Crippen LogP) is 5.39. The van der Waals surface area contributed by atoms with Crippen molar-refractivity contribution in [3.8, 4) is 5.75 Å². The van der Waals surface area contributed by atoms with Gasteiger partial charge in [0, 0.05) is 5.92 Å². The summed E-state index contributed by atoms with van der Waals surface area (Å²) in [6, 6.07) is 11.9. The van der Waals surface area contributed by atoms with Gasteiger partial charge in [0.25, 0.3) is 0 Å². The molecule has 2 aliphatic rings. The number of nitrogens with one attached hydrogen (secondary N) is 1. The van der Waals surface area contributed by atoms with Crippen molar-refractivity contribution in [1.82, 2.24) is 5.32 Å². The van der Waals surface area contributed by atoms with Crippen molar-refractivity contribution in [3.63, 3.8) is 0 Å². The SMILES string of the molecule is CC1(c2ccc3cc(OC4CCC(C(C)(F)F)CC4)ccc3c2)COC(=O)N1. The summed E-state index contributed by atoms with van der Waals surface area (Å²) >= 11 is 0. The third kappa shape index (κ3) is 3.77. The first-order valence-corrected chi connectivity index (χ1v) is 9.77. The predicted molar refractivity (Wildman–Crippen MR) is 103 cm³/mol. The van der Waals surface area contributed by atoms with Crippen LogP contribution in [0.1, 0.15) is 45.1 Å². The van der Waals surface area contributed by atoms with E-state index in [4.69, 9.17) is 9.47 Å². The number of carbonyl (C=O) groups excluding carboxylic acids is 1. The normalized spacial score (nSPS) is 28.1. The first-order chi connectivity index (χ1) is 13.2. The molecule has 2 aromatic carbocycles. The Morgan fingerprint density at radius 1 is 1.11 bits per heavy atom. The van der Waals surface area contributed by atoms with E-state index in [0.717, 1.165) is 29.0 Å². The summed E-state index contributed by atoms with van der Waals surface area (Å²) in [7, 11) is 0. The number of hydrogen-bond acceptors (Lipinski definition) is 3. The Morgan fingerprint density at radius 3 is 2.43 bits per heavy atom. The molecule has 2 fully saturated rings. The highest BCUT2D eigenvalue weighted by atomic mass is 19.3. The number of halogens is 2. The minimum absolute atomic E-state index is 0.0138. The zero-order valence-electron chi connectivity index (χ0n) is 16.1. The molecule has 4 rings (SSSR count). The van der Waals surface area contributed by atoms with Crippen LogP contribution in [0.3, 0.4) is 0 Å². The van der Waals surface area contributed by atoms with Crippen LogP contribution in [0.4, 0.5) is 13.6 Å². The van der Waals surface area contributed by atoms with Gasteiger partial charge in [-0.25, -0.2) is 13.6 Å². The molecule has 4 nitrogen and oxygen atoms in total. The molecule has 1 N–H and O–H groups in total. The third-order valence-electron chi connectivity index (χ3n) is 6.01. The van der Waals surface area contributed by atoms with Crippen LogP contribution in [-0.2, 0) is 10.3 Å². The van der Waals surface area contributed by atoms with E-state index < -0.39 is 23.5 Å². The summed E-state index contributed by atoms with van der Waals surface area (Å²) in [5.41, 5.74) is 0.457. The Hall–Kier alpha value is -2.37. The fourth-order valence-electron chi connectivity index (χ4n) is 4.18. The quantitative estimate of drug-likeness (QED) is 0.763. The van der Waals surface area contributed by atoms with Crippen molar-refractivity contribution in [2.24, 2.45) is 5.92 Å². The second kappa shape index (κ2) is 6.90. The fourth-order valence-corrected chi connectivity index (χ4v) is 4.18. The van der Waals surface area contributed by atoms with Crippen LogP contribution in [0.5, 0.6) is 5.75 Å². The van der Waals surface area contributed by atoms with Gasteiger partial charge in [-0.3, -0.25) is 0 Å². The largest absolute Gasteiger partial charge is 0.490 e. The number of carbonyl (C=O) groups is 1. The van der Waals surface area contributed by atoms with Crippen molar-refractivity contribution < 1.29 is 23.0 Å². The van der Waals surface area contributed by atoms with E-state index in [-0.39, 0.29) is 6.10 Å². The topological polar surface area (TPSA) is 47.6 Å². The Bertz CT molecular complexity index is 887. The van der Waals surface area contributed by atoms with Crippen molar-refractivity contribution in [2.45, 2.75) is 57.1 Å². The van der Waals surface area contributed by atoms with Gasteiger partial charge in [0.15, 0.2) is 0 Å². The van der Waals surface area contributed by atoms with Crippen molar-refractivity contribution in [2.75, 3.05) is 6.61 Å². The van der Waals surface area contributed by atoms with Gasteiger partial charge in [0.05, 0.1) is 11.6 Å². The molecular weight excluding hydrogens is 364 g/mol. The number of rotatable bonds is 4. The van der Waals surface area contributed by atoms with Gasteiger partial charge in [-0.15, -0.1) is 0 Å². The van der Waals surface area contributed by atoms with Crippen LogP contribution in [0, 0.1) is 5.92 Å². The molecule has 1 amide bonds. The smallest absolute Gasteiger partial charge is 0.408 e. The minimum Gasteiger partial charge on any atom is -0.490 e. The summed E-state index contributed by atoms with van der Waals surface area (Å²) in [4.78, 5) is 11.4. The molecule has 2 aromatic rings. The van der Waals surface area contributed by atoms with Gasteiger partial charge in [0.2, 0.25) is 5.92 Å². The second-order valence-corrected chi connectivity index (χ2v) is 8.30. The number of benzene rings is 2. The van der Waals surface area contributed by atoms with E-state index in [1.165, 1.54) is 0 Å². The highest BCUT2D eigenvalue weighted by Crippen LogP contribution is 2.37. The lowest BCUT2D eigenvalue weighted by Gasteiger charge is -2.32. The van der Waals surface area contributed by atoms with Gasteiger partial charge in [-0.1, -0.05) is 18.2 Å². The summed E-state index contributed by atoms with van der Waals surface area (Å²) in [5, 5.41) is 4.93. The lowest BCUT2D eigenvalue weighted by molar-refractivity contribution is -0.0630. The number of hydrogen-bond donors (Lipinski definition) is 1. The molecule has 0 spiro atoms. The summed E-state index contributed by atoms with van der Waals surface area (Å²) < 4.78 is 38.0. The van der Waals surface area contributed by atoms with Crippen LogP contribution in [-0.4, -0.2) is 24.7 Å². The monoisotopic (exact) mass is 389 g/mol. The minimum atomic E-state index is -2.61. The van der Waals surface area contributed by atoms with E-state index in [2.05, 4.69) is 5.32 Å². The van der Waals surface area contributed by atoms with Crippen LogP contribution in [0.2, 0.25) is 0 Å². The van der Waals surface area contributed by atoms with Crippen LogP contribution < -0.4 is 10.1 Å².